The molecule has 6 heteroatoms. The van der Waals surface area contributed by atoms with Crippen LogP contribution >= 0.6 is 0 Å². The van der Waals surface area contributed by atoms with Crippen molar-refractivity contribution < 1.29 is 18.0 Å². The first-order valence-electron chi connectivity index (χ1n) is 3.93. The molecule has 0 aliphatic carbocycles. The minimum absolute atomic E-state index is 0.155. The van der Waals surface area contributed by atoms with Gasteiger partial charge in [-0.15, -0.1) is 12.3 Å². The Morgan fingerprint density at radius 1 is 1.43 bits per heavy atom. The highest BCUT2D eigenvalue weighted by molar-refractivity contribution is 5.77. The van der Waals surface area contributed by atoms with E-state index in [0.717, 1.165) is 0 Å². The molecule has 14 heavy (non-hydrogen) atoms. The molecule has 3 nitrogen and oxygen atoms in total. The average molecular weight is 208 g/mol. The van der Waals surface area contributed by atoms with Gasteiger partial charge in [-0.1, -0.05) is 0 Å². The molecule has 0 heterocycles. The highest BCUT2D eigenvalue weighted by Gasteiger charge is 2.27. The second kappa shape index (κ2) is 6.27. The smallest absolute Gasteiger partial charge is 0.346 e. The SMILES string of the molecule is C#CCCNCC(=O)NCC(F)(F)F. The van der Waals surface area contributed by atoms with E-state index in [1.54, 1.807) is 5.32 Å². The van der Waals surface area contributed by atoms with E-state index in [4.69, 9.17) is 6.42 Å². The zero-order valence-electron chi connectivity index (χ0n) is 7.45. The Bertz CT molecular complexity index is 220. The maximum absolute atomic E-state index is 11.6. The molecule has 0 spiro atoms. The summed E-state index contributed by atoms with van der Waals surface area (Å²) in [5.74, 6) is 1.63. The van der Waals surface area contributed by atoms with Crippen molar-refractivity contribution in [1.29, 1.82) is 0 Å². The van der Waals surface area contributed by atoms with E-state index in [2.05, 4.69) is 11.2 Å². The van der Waals surface area contributed by atoms with Gasteiger partial charge >= 0.3 is 6.18 Å². The van der Waals surface area contributed by atoms with E-state index in [0.29, 0.717) is 13.0 Å². The standard InChI is InChI=1S/C8H11F3N2O/c1-2-3-4-12-5-7(14)13-6-8(9,10)11/h1,12H,3-6H2,(H,13,14). The van der Waals surface area contributed by atoms with Gasteiger partial charge < -0.3 is 10.6 Å². The summed E-state index contributed by atoms with van der Waals surface area (Å²) in [6.45, 7) is -1.05. The summed E-state index contributed by atoms with van der Waals surface area (Å²) >= 11 is 0. The van der Waals surface area contributed by atoms with Gasteiger partial charge in [-0.3, -0.25) is 4.79 Å². The van der Waals surface area contributed by atoms with Gasteiger partial charge in [-0.05, 0) is 0 Å². The molecule has 0 fully saturated rings. The number of carbonyl (C=O) groups excluding carboxylic acids is 1. The Kier molecular flexibility index (Phi) is 5.72. The van der Waals surface area contributed by atoms with Gasteiger partial charge in [-0.25, -0.2) is 0 Å². The molecule has 0 radical (unpaired) electrons. The zero-order chi connectivity index (χ0) is 11.0. The first-order chi connectivity index (χ1) is 6.45. The minimum Gasteiger partial charge on any atom is -0.346 e. The molecule has 0 rings (SSSR count). The van der Waals surface area contributed by atoms with Crippen LogP contribution in [-0.4, -0.2) is 31.7 Å². The summed E-state index contributed by atoms with van der Waals surface area (Å²) in [5, 5.41) is 4.32. The molecule has 1 amide bonds. The molecular formula is C8H11F3N2O. The number of amides is 1. The van der Waals surface area contributed by atoms with Crippen LogP contribution in [0.4, 0.5) is 13.2 Å². The van der Waals surface area contributed by atoms with Crippen LogP contribution in [0.25, 0.3) is 0 Å². The van der Waals surface area contributed by atoms with Crippen molar-refractivity contribution in [3.8, 4) is 12.3 Å². The van der Waals surface area contributed by atoms with Crippen molar-refractivity contribution in [2.75, 3.05) is 19.6 Å². The summed E-state index contributed by atoms with van der Waals surface area (Å²) in [6.07, 6.45) is 0.992. The van der Waals surface area contributed by atoms with Crippen molar-refractivity contribution in [2.45, 2.75) is 12.6 Å². The van der Waals surface area contributed by atoms with Crippen LogP contribution in [0, 0.1) is 12.3 Å². The maximum Gasteiger partial charge on any atom is 0.405 e. The van der Waals surface area contributed by atoms with E-state index < -0.39 is 18.6 Å². The Hall–Kier alpha value is -1.22. The van der Waals surface area contributed by atoms with Crippen LogP contribution in [0.15, 0.2) is 0 Å². The van der Waals surface area contributed by atoms with E-state index in [1.165, 1.54) is 0 Å². The Morgan fingerprint density at radius 3 is 2.57 bits per heavy atom. The number of alkyl halides is 3. The first kappa shape index (κ1) is 12.8. The topological polar surface area (TPSA) is 41.1 Å². The lowest BCUT2D eigenvalue weighted by Crippen LogP contribution is -2.39. The lowest BCUT2D eigenvalue weighted by atomic mass is 10.4. The third-order valence-electron chi connectivity index (χ3n) is 1.22. The van der Waals surface area contributed by atoms with Crippen molar-refractivity contribution in [2.24, 2.45) is 0 Å². The fraction of sp³-hybridized carbons (Fsp3) is 0.625. The number of hydrogen-bond acceptors (Lipinski definition) is 2. The number of carbonyl (C=O) groups is 1. The van der Waals surface area contributed by atoms with Crippen molar-refractivity contribution in [3.05, 3.63) is 0 Å². The molecule has 0 aromatic rings. The highest BCUT2D eigenvalue weighted by Crippen LogP contribution is 2.11. The van der Waals surface area contributed by atoms with Crippen LogP contribution in [0.2, 0.25) is 0 Å². The molecule has 0 aromatic carbocycles. The summed E-state index contributed by atoms with van der Waals surface area (Å²) in [7, 11) is 0. The summed E-state index contributed by atoms with van der Waals surface area (Å²) in [6, 6.07) is 0. The maximum atomic E-state index is 11.6. The van der Waals surface area contributed by atoms with E-state index >= 15 is 0 Å². The molecule has 0 saturated heterocycles. The number of nitrogens with one attached hydrogen (secondary N) is 2. The number of rotatable bonds is 5. The second-order valence-corrected chi connectivity index (χ2v) is 2.52. The Labute approximate surface area is 80.1 Å². The van der Waals surface area contributed by atoms with Gasteiger partial charge in [0.2, 0.25) is 5.91 Å². The molecular weight excluding hydrogens is 197 g/mol. The Balaban J connectivity index is 3.43. The fourth-order valence-corrected chi connectivity index (χ4v) is 0.624. The summed E-state index contributed by atoms with van der Waals surface area (Å²) in [5.41, 5.74) is 0. The lowest BCUT2D eigenvalue weighted by molar-refractivity contribution is -0.137. The molecule has 0 bridgehead atoms. The van der Waals surface area contributed by atoms with Crippen LogP contribution in [0.5, 0.6) is 0 Å². The van der Waals surface area contributed by atoms with Crippen LogP contribution < -0.4 is 10.6 Å². The van der Waals surface area contributed by atoms with Gasteiger partial charge in [0.1, 0.15) is 6.54 Å². The third kappa shape index (κ3) is 8.87. The lowest BCUT2D eigenvalue weighted by Gasteiger charge is -2.08. The summed E-state index contributed by atoms with van der Waals surface area (Å²) in [4.78, 5) is 10.7. The van der Waals surface area contributed by atoms with Crippen molar-refractivity contribution in [3.63, 3.8) is 0 Å². The highest BCUT2D eigenvalue weighted by atomic mass is 19.4. The molecule has 0 aliphatic heterocycles. The molecule has 80 valence electrons. The van der Waals surface area contributed by atoms with Crippen molar-refractivity contribution in [1.82, 2.24) is 10.6 Å². The first-order valence-corrected chi connectivity index (χ1v) is 3.93. The quantitative estimate of drug-likeness (QED) is 0.503. The van der Waals surface area contributed by atoms with E-state index in [-0.39, 0.29) is 6.54 Å². The predicted octanol–water partition coefficient (Wildman–Crippen LogP) is 0.278. The van der Waals surface area contributed by atoms with Gasteiger partial charge in [-0.2, -0.15) is 13.2 Å². The van der Waals surface area contributed by atoms with Gasteiger partial charge in [0.15, 0.2) is 0 Å². The van der Waals surface area contributed by atoms with Gasteiger partial charge in [0.25, 0.3) is 0 Å². The average Bonchev–Trinajstić information content (AvgIpc) is 2.08. The monoisotopic (exact) mass is 208 g/mol. The zero-order valence-corrected chi connectivity index (χ0v) is 7.45. The molecule has 0 aliphatic rings. The number of halogens is 3. The normalized spacial score (nSPS) is 10.7. The van der Waals surface area contributed by atoms with Gasteiger partial charge in [0.05, 0.1) is 6.54 Å². The fourth-order valence-electron chi connectivity index (χ4n) is 0.624. The molecule has 0 aromatic heterocycles. The molecule has 0 unspecified atom stereocenters. The molecule has 0 saturated carbocycles. The third-order valence-corrected chi connectivity index (χ3v) is 1.22. The van der Waals surface area contributed by atoms with Crippen LogP contribution in [0.1, 0.15) is 6.42 Å². The number of terminal acetylenes is 1. The van der Waals surface area contributed by atoms with Crippen LogP contribution in [-0.2, 0) is 4.79 Å². The predicted molar refractivity (Wildman–Crippen MR) is 45.4 cm³/mol. The van der Waals surface area contributed by atoms with Gasteiger partial charge in [0, 0.05) is 13.0 Å². The van der Waals surface area contributed by atoms with E-state index in [1.807, 2.05) is 0 Å². The second-order valence-electron chi connectivity index (χ2n) is 2.52. The van der Waals surface area contributed by atoms with E-state index in [9.17, 15) is 18.0 Å². The number of hydrogen-bond donors (Lipinski definition) is 2. The molecule has 2 N–H and O–H groups in total. The molecule has 0 atom stereocenters. The van der Waals surface area contributed by atoms with Crippen molar-refractivity contribution >= 4 is 5.91 Å². The largest absolute Gasteiger partial charge is 0.405 e. The minimum atomic E-state index is -4.37. The Morgan fingerprint density at radius 2 is 2.07 bits per heavy atom. The van der Waals surface area contributed by atoms with Crippen LogP contribution in [0.3, 0.4) is 0 Å². The summed E-state index contributed by atoms with van der Waals surface area (Å²) < 4.78 is 34.8.